The molecule has 0 aliphatic carbocycles. The number of nitrogens with zero attached hydrogens (tertiary/aromatic N) is 6. The van der Waals surface area contributed by atoms with Crippen molar-refractivity contribution < 1.29 is 13.3 Å². The largest absolute Gasteiger partial charge is 0.482 e. The molecule has 0 spiro atoms. The summed E-state index contributed by atoms with van der Waals surface area (Å²) in [5.41, 5.74) is 10.5. The van der Waals surface area contributed by atoms with Gasteiger partial charge in [0.2, 0.25) is 0 Å². The van der Waals surface area contributed by atoms with Gasteiger partial charge in [-0.3, -0.25) is 8.89 Å². The topological polar surface area (TPSA) is 114 Å². The highest BCUT2D eigenvalue weighted by Crippen LogP contribution is 2.34. The van der Waals surface area contributed by atoms with Crippen molar-refractivity contribution in [3.63, 3.8) is 0 Å². The Morgan fingerprint density at radius 2 is 1.94 bits per heavy atom. The molecule has 172 valence electrons. The van der Waals surface area contributed by atoms with Crippen molar-refractivity contribution in [2.24, 2.45) is 0 Å². The average Bonchev–Trinajstić information content (AvgIpc) is 3.38. The number of halogens is 1. The Bertz CT molecular complexity index is 1320. The maximum Gasteiger partial charge on any atom is 0.166 e. The Kier molecular flexibility index (Phi) is 6.23. The van der Waals surface area contributed by atoms with E-state index in [0.717, 1.165) is 22.5 Å². The van der Waals surface area contributed by atoms with Gasteiger partial charge in [0.15, 0.2) is 11.6 Å². The number of rotatable bonds is 7. The van der Waals surface area contributed by atoms with Crippen LogP contribution in [0.25, 0.3) is 16.8 Å². The van der Waals surface area contributed by atoms with Gasteiger partial charge in [0.05, 0.1) is 23.8 Å². The van der Waals surface area contributed by atoms with Crippen LogP contribution in [0.4, 0.5) is 10.2 Å². The predicted molar refractivity (Wildman–Crippen MR) is 124 cm³/mol. The minimum absolute atomic E-state index is 0.207. The molecule has 3 aromatic heterocycles. The molecular weight excluding hydrogens is 445 g/mol. The summed E-state index contributed by atoms with van der Waals surface area (Å²) in [5, 5.41) is 12.8. The number of nitrogen functional groups attached to an aromatic ring is 1. The first kappa shape index (κ1) is 22.6. The quantitative estimate of drug-likeness (QED) is 0.441. The molecule has 0 saturated carbocycles. The third kappa shape index (κ3) is 4.63. The molecule has 4 aromatic rings. The monoisotopic (exact) mass is 469 g/mol. The number of aromatic nitrogens is 6. The number of hydrogen-bond acceptors (Lipinski definition) is 7. The van der Waals surface area contributed by atoms with Crippen LogP contribution in [0, 0.1) is 19.7 Å². The van der Waals surface area contributed by atoms with Crippen LogP contribution >= 0.6 is 0 Å². The fraction of sp³-hybridized carbons (Fsp3) is 0.273. The van der Waals surface area contributed by atoms with Crippen molar-refractivity contribution in [3.8, 4) is 22.6 Å². The molecular formula is C22H24FN7O2S. The fourth-order valence-electron chi connectivity index (χ4n) is 3.73. The van der Waals surface area contributed by atoms with Gasteiger partial charge in [-0.25, -0.2) is 9.37 Å². The van der Waals surface area contributed by atoms with Crippen LogP contribution in [-0.2, 0) is 16.7 Å². The summed E-state index contributed by atoms with van der Waals surface area (Å²) in [7, 11) is -1.04. The van der Waals surface area contributed by atoms with E-state index in [4.69, 9.17) is 10.5 Å². The van der Waals surface area contributed by atoms with E-state index in [1.807, 2.05) is 13.8 Å². The Morgan fingerprint density at radius 3 is 2.64 bits per heavy atom. The van der Waals surface area contributed by atoms with Crippen LogP contribution < -0.4 is 10.5 Å². The van der Waals surface area contributed by atoms with Crippen molar-refractivity contribution in [1.82, 2.24) is 29.8 Å². The molecule has 0 fully saturated rings. The van der Waals surface area contributed by atoms with Gasteiger partial charge in [-0.05, 0) is 45.0 Å². The highest BCUT2D eigenvalue weighted by Gasteiger charge is 2.20. The van der Waals surface area contributed by atoms with Crippen LogP contribution in [0.5, 0.6) is 5.75 Å². The maximum absolute atomic E-state index is 14.1. The lowest BCUT2D eigenvalue weighted by molar-refractivity contribution is 0.226. The fourth-order valence-corrected chi connectivity index (χ4v) is 4.32. The van der Waals surface area contributed by atoms with Crippen LogP contribution in [-0.4, -0.2) is 40.2 Å². The summed E-state index contributed by atoms with van der Waals surface area (Å²) < 4.78 is 33.6. The molecule has 3 heterocycles. The second-order valence-corrected chi connectivity index (χ2v) is 9.04. The van der Waals surface area contributed by atoms with Gasteiger partial charge in [0.25, 0.3) is 0 Å². The standard InChI is InChI=1S/C22H24FN7O2S/c1-13-21(14(2)29(28-13)12-33(4)31)16-9-20(22(24)25-11-16)32-15(3)18-10-17(23)5-6-19(18)30-26-7-8-27-30/h5-11,15H,12H2,1-4H3,(H2,24,25). The molecule has 2 N–H and O–H groups in total. The number of pyridine rings is 1. The SMILES string of the molecule is Cc1nn(CS(C)=O)c(C)c1-c1cnc(N)c(OC(C)c2cc(F)ccc2-n2nccn2)c1. The molecule has 0 bridgehead atoms. The molecule has 2 unspecified atom stereocenters. The minimum Gasteiger partial charge on any atom is -0.482 e. The molecule has 9 nitrogen and oxygen atoms in total. The van der Waals surface area contributed by atoms with E-state index >= 15 is 0 Å². The number of benzene rings is 1. The van der Waals surface area contributed by atoms with E-state index in [9.17, 15) is 8.60 Å². The van der Waals surface area contributed by atoms with Gasteiger partial charge in [-0.2, -0.15) is 20.1 Å². The molecule has 0 amide bonds. The maximum atomic E-state index is 14.1. The smallest absolute Gasteiger partial charge is 0.166 e. The highest BCUT2D eigenvalue weighted by atomic mass is 32.2. The number of nitrogens with two attached hydrogens (primary N) is 1. The second kappa shape index (κ2) is 9.10. The van der Waals surface area contributed by atoms with Crippen molar-refractivity contribution >= 4 is 16.6 Å². The number of ether oxygens (including phenoxy) is 1. The molecule has 1 aromatic carbocycles. The molecule has 33 heavy (non-hydrogen) atoms. The normalized spacial score (nSPS) is 13.1. The zero-order valence-corrected chi connectivity index (χ0v) is 19.5. The van der Waals surface area contributed by atoms with Crippen LogP contribution in [0.1, 0.15) is 30.0 Å². The molecule has 0 aliphatic rings. The van der Waals surface area contributed by atoms with E-state index < -0.39 is 22.7 Å². The Morgan fingerprint density at radius 1 is 1.21 bits per heavy atom. The van der Waals surface area contributed by atoms with Gasteiger partial charge in [-0.1, -0.05) is 0 Å². The summed E-state index contributed by atoms with van der Waals surface area (Å²) in [6, 6.07) is 6.12. The van der Waals surface area contributed by atoms with Crippen molar-refractivity contribution in [2.75, 3.05) is 12.0 Å². The van der Waals surface area contributed by atoms with Gasteiger partial charge >= 0.3 is 0 Å². The van der Waals surface area contributed by atoms with E-state index in [-0.39, 0.29) is 5.82 Å². The Labute approximate surface area is 192 Å². The molecule has 0 radical (unpaired) electrons. The highest BCUT2D eigenvalue weighted by molar-refractivity contribution is 7.83. The molecule has 4 rings (SSSR count). The first-order chi connectivity index (χ1) is 15.7. The zero-order chi connectivity index (χ0) is 23.7. The van der Waals surface area contributed by atoms with Crippen molar-refractivity contribution in [1.29, 1.82) is 0 Å². The Balaban J connectivity index is 1.69. The summed E-state index contributed by atoms with van der Waals surface area (Å²) in [6.45, 7) is 5.59. The zero-order valence-electron chi connectivity index (χ0n) is 18.7. The molecule has 0 aliphatic heterocycles. The lowest BCUT2D eigenvalue weighted by atomic mass is 10.1. The molecule has 0 saturated heterocycles. The first-order valence-electron chi connectivity index (χ1n) is 10.2. The molecule has 2 atom stereocenters. The third-order valence-electron chi connectivity index (χ3n) is 5.22. The number of hydrogen-bond donors (Lipinski definition) is 1. The van der Waals surface area contributed by atoms with Crippen LogP contribution in [0.15, 0.2) is 42.9 Å². The minimum atomic E-state index is -1.04. The van der Waals surface area contributed by atoms with E-state index in [1.54, 1.807) is 48.6 Å². The van der Waals surface area contributed by atoms with Crippen molar-refractivity contribution in [2.45, 2.75) is 32.8 Å². The summed E-state index contributed by atoms with van der Waals surface area (Å²) in [5.74, 6) is 0.467. The number of anilines is 1. The van der Waals surface area contributed by atoms with Gasteiger partial charge < -0.3 is 10.5 Å². The summed E-state index contributed by atoms with van der Waals surface area (Å²) >= 11 is 0. The first-order valence-corrected chi connectivity index (χ1v) is 11.9. The predicted octanol–water partition coefficient (Wildman–Crippen LogP) is 3.34. The van der Waals surface area contributed by atoms with E-state index in [1.165, 1.54) is 16.9 Å². The van der Waals surface area contributed by atoms with Gasteiger partial charge in [0, 0.05) is 45.6 Å². The average molecular weight is 470 g/mol. The van der Waals surface area contributed by atoms with Crippen molar-refractivity contribution in [3.05, 3.63) is 65.6 Å². The lowest BCUT2D eigenvalue weighted by Gasteiger charge is -2.19. The van der Waals surface area contributed by atoms with Crippen LogP contribution in [0.2, 0.25) is 0 Å². The summed E-state index contributed by atoms with van der Waals surface area (Å²) in [6.07, 6.45) is 5.80. The summed E-state index contributed by atoms with van der Waals surface area (Å²) in [4.78, 5) is 5.70. The lowest BCUT2D eigenvalue weighted by Crippen LogP contribution is -2.11. The van der Waals surface area contributed by atoms with E-state index in [2.05, 4.69) is 20.3 Å². The Hall–Kier alpha value is -3.60. The third-order valence-corrected chi connectivity index (χ3v) is 5.83. The number of aryl methyl sites for hydroxylation is 1. The van der Waals surface area contributed by atoms with E-state index in [0.29, 0.717) is 22.9 Å². The van der Waals surface area contributed by atoms with Gasteiger partial charge in [0.1, 0.15) is 17.8 Å². The van der Waals surface area contributed by atoms with Gasteiger partial charge in [-0.15, -0.1) is 0 Å². The second-order valence-electron chi connectivity index (χ2n) is 7.64. The molecule has 11 heteroatoms. The van der Waals surface area contributed by atoms with Crippen LogP contribution in [0.3, 0.4) is 0 Å².